The minimum absolute atomic E-state index is 0. The van der Waals surface area contributed by atoms with Crippen LogP contribution in [0.1, 0.15) is 25.8 Å². The fourth-order valence-corrected chi connectivity index (χ4v) is 2.14. The van der Waals surface area contributed by atoms with Crippen LogP contribution in [0.5, 0.6) is 0 Å². The zero-order valence-corrected chi connectivity index (χ0v) is 15.6. The lowest BCUT2D eigenvalue weighted by molar-refractivity contribution is 0.766. The van der Waals surface area contributed by atoms with Gasteiger partial charge in [0.1, 0.15) is 5.82 Å². The van der Waals surface area contributed by atoms with Crippen LogP contribution in [0.4, 0.5) is 5.82 Å². The molecule has 1 aromatic heterocycles. The van der Waals surface area contributed by atoms with E-state index in [1.807, 2.05) is 31.3 Å². The normalized spacial score (nSPS) is 20.5. The molecule has 0 aromatic carbocycles. The molecule has 1 saturated carbocycles. The van der Waals surface area contributed by atoms with E-state index in [4.69, 9.17) is 0 Å². The second kappa shape index (κ2) is 8.41. The van der Waals surface area contributed by atoms with E-state index in [-0.39, 0.29) is 24.0 Å². The SMILES string of the molecule is CCNC(=NCc1cccnc1N(C)C)NC1CC1C.I. The molecule has 5 nitrogen and oxygen atoms in total. The minimum atomic E-state index is 0. The van der Waals surface area contributed by atoms with Gasteiger partial charge < -0.3 is 15.5 Å². The third kappa shape index (κ3) is 5.33. The van der Waals surface area contributed by atoms with Gasteiger partial charge in [0.2, 0.25) is 0 Å². The Morgan fingerprint density at radius 3 is 2.76 bits per heavy atom. The van der Waals surface area contributed by atoms with Gasteiger partial charge in [-0.2, -0.15) is 0 Å². The molecule has 0 aliphatic heterocycles. The monoisotopic (exact) mass is 403 g/mol. The molecular weight excluding hydrogens is 377 g/mol. The van der Waals surface area contributed by atoms with Crippen molar-refractivity contribution in [2.45, 2.75) is 32.9 Å². The fourth-order valence-electron chi connectivity index (χ4n) is 2.14. The van der Waals surface area contributed by atoms with E-state index < -0.39 is 0 Å². The van der Waals surface area contributed by atoms with E-state index in [1.54, 1.807) is 0 Å². The smallest absolute Gasteiger partial charge is 0.191 e. The van der Waals surface area contributed by atoms with E-state index in [0.29, 0.717) is 12.6 Å². The first-order valence-electron chi connectivity index (χ1n) is 7.28. The molecule has 2 rings (SSSR count). The minimum Gasteiger partial charge on any atom is -0.362 e. The van der Waals surface area contributed by atoms with Crippen molar-refractivity contribution in [3.8, 4) is 0 Å². The van der Waals surface area contributed by atoms with Gasteiger partial charge in [0.05, 0.1) is 6.54 Å². The number of guanidine groups is 1. The van der Waals surface area contributed by atoms with Crippen LogP contribution < -0.4 is 15.5 Å². The Kier molecular flexibility index (Phi) is 7.21. The molecule has 1 aliphatic rings. The van der Waals surface area contributed by atoms with Gasteiger partial charge in [0.15, 0.2) is 5.96 Å². The maximum Gasteiger partial charge on any atom is 0.191 e. The first-order chi connectivity index (χ1) is 9.61. The fraction of sp³-hybridized carbons (Fsp3) is 0.600. The quantitative estimate of drug-likeness (QED) is 0.450. The summed E-state index contributed by atoms with van der Waals surface area (Å²) in [5.41, 5.74) is 1.14. The summed E-state index contributed by atoms with van der Waals surface area (Å²) < 4.78 is 0. The average molecular weight is 403 g/mol. The van der Waals surface area contributed by atoms with Crippen LogP contribution in [-0.4, -0.2) is 37.6 Å². The first-order valence-corrected chi connectivity index (χ1v) is 7.28. The Morgan fingerprint density at radius 1 is 1.48 bits per heavy atom. The molecule has 0 spiro atoms. The van der Waals surface area contributed by atoms with Crippen LogP contribution in [0.25, 0.3) is 0 Å². The number of aliphatic imine (C=N–C) groups is 1. The number of nitrogens with one attached hydrogen (secondary N) is 2. The first kappa shape index (κ1) is 18.0. The van der Waals surface area contributed by atoms with Gasteiger partial charge in [0, 0.05) is 38.4 Å². The van der Waals surface area contributed by atoms with Crippen LogP contribution in [0.2, 0.25) is 0 Å². The molecule has 2 atom stereocenters. The van der Waals surface area contributed by atoms with E-state index >= 15 is 0 Å². The molecule has 21 heavy (non-hydrogen) atoms. The summed E-state index contributed by atoms with van der Waals surface area (Å²) in [4.78, 5) is 11.1. The van der Waals surface area contributed by atoms with Crippen molar-refractivity contribution in [3.05, 3.63) is 23.9 Å². The summed E-state index contributed by atoms with van der Waals surface area (Å²) in [7, 11) is 4.01. The van der Waals surface area contributed by atoms with E-state index in [0.717, 1.165) is 29.8 Å². The van der Waals surface area contributed by atoms with Gasteiger partial charge in [-0.25, -0.2) is 9.98 Å². The largest absolute Gasteiger partial charge is 0.362 e. The van der Waals surface area contributed by atoms with Gasteiger partial charge in [-0.1, -0.05) is 13.0 Å². The molecule has 2 N–H and O–H groups in total. The summed E-state index contributed by atoms with van der Waals surface area (Å²) in [5.74, 6) is 2.64. The van der Waals surface area contributed by atoms with Crippen molar-refractivity contribution in [2.75, 3.05) is 25.5 Å². The summed E-state index contributed by atoms with van der Waals surface area (Å²) in [5, 5.41) is 6.76. The number of pyridine rings is 1. The molecule has 6 heteroatoms. The molecule has 1 aliphatic carbocycles. The number of nitrogens with zero attached hydrogens (tertiary/aromatic N) is 3. The van der Waals surface area contributed by atoms with E-state index in [1.165, 1.54) is 6.42 Å². The highest BCUT2D eigenvalue weighted by atomic mass is 127. The van der Waals surface area contributed by atoms with Crippen LogP contribution >= 0.6 is 24.0 Å². The van der Waals surface area contributed by atoms with Crippen LogP contribution in [0.15, 0.2) is 23.3 Å². The summed E-state index contributed by atoms with van der Waals surface area (Å²) >= 11 is 0. The lowest BCUT2D eigenvalue weighted by atomic mass is 10.2. The molecule has 0 saturated heterocycles. The third-order valence-corrected chi connectivity index (χ3v) is 3.47. The van der Waals surface area contributed by atoms with Gasteiger partial charge in [0.25, 0.3) is 0 Å². The number of halogens is 1. The summed E-state index contributed by atoms with van der Waals surface area (Å²) in [6, 6.07) is 4.62. The molecule has 1 aromatic rings. The number of anilines is 1. The van der Waals surface area contributed by atoms with Crippen LogP contribution in [0.3, 0.4) is 0 Å². The number of rotatable bonds is 5. The highest BCUT2D eigenvalue weighted by Crippen LogP contribution is 2.28. The Morgan fingerprint density at radius 2 is 2.19 bits per heavy atom. The zero-order chi connectivity index (χ0) is 14.5. The maximum atomic E-state index is 4.67. The lowest BCUT2D eigenvalue weighted by Gasteiger charge is -2.15. The van der Waals surface area contributed by atoms with Crippen molar-refractivity contribution in [3.63, 3.8) is 0 Å². The maximum absolute atomic E-state index is 4.67. The Bertz CT molecular complexity index is 475. The van der Waals surface area contributed by atoms with Crippen molar-refractivity contribution in [1.29, 1.82) is 0 Å². The summed E-state index contributed by atoms with van der Waals surface area (Å²) in [6.45, 7) is 5.85. The van der Waals surface area contributed by atoms with E-state index in [2.05, 4.69) is 40.5 Å². The van der Waals surface area contributed by atoms with Crippen molar-refractivity contribution in [1.82, 2.24) is 15.6 Å². The topological polar surface area (TPSA) is 52.6 Å². The van der Waals surface area contributed by atoms with Crippen molar-refractivity contribution >= 4 is 35.8 Å². The molecule has 2 unspecified atom stereocenters. The van der Waals surface area contributed by atoms with Crippen LogP contribution in [-0.2, 0) is 6.54 Å². The van der Waals surface area contributed by atoms with Gasteiger partial charge in [-0.3, -0.25) is 0 Å². The molecule has 0 radical (unpaired) electrons. The lowest BCUT2D eigenvalue weighted by Crippen LogP contribution is -2.39. The number of hydrogen-bond acceptors (Lipinski definition) is 3. The Hall–Kier alpha value is -1.05. The zero-order valence-electron chi connectivity index (χ0n) is 13.3. The predicted octanol–water partition coefficient (Wildman–Crippen LogP) is 2.23. The third-order valence-electron chi connectivity index (χ3n) is 3.47. The van der Waals surface area contributed by atoms with Gasteiger partial charge in [-0.05, 0) is 25.3 Å². The van der Waals surface area contributed by atoms with Gasteiger partial charge in [-0.15, -0.1) is 24.0 Å². The van der Waals surface area contributed by atoms with Crippen molar-refractivity contribution in [2.24, 2.45) is 10.9 Å². The second-order valence-corrected chi connectivity index (χ2v) is 5.54. The second-order valence-electron chi connectivity index (χ2n) is 5.54. The number of hydrogen-bond donors (Lipinski definition) is 2. The molecule has 0 bridgehead atoms. The van der Waals surface area contributed by atoms with Crippen molar-refractivity contribution < 1.29 is 0 Å². The predicted molar refractivity (Wildman–Crippen MR) is 99.5 cm³/mol. The van der Waals surface area contributed by atoms with Gasteiger partial charge >= 0.3 is 0 Å². The van der Waals surface area contributed by atoms with Crippen LogP contribution in [0, 0.1) is 5.92 Å². The standard InChI is InChI=1S/C15H25N5.HI/c1-5-16-15(19-13-9-11(13)2)18-10-12-7-6-8-17-14(12)20(3)4;/h6-8,11,13H,5,9-10H2,1-4H3,(H2,16,18,19);1H. The highest BCUT2D eigenvalue weighted by Gasteiger charge is 2.33. The van der Waals surface area contributed by atoms with E-state index in [9.17, 15) is 0 Å². The average Bonchev–Trinajstić information content (AvgIpc) is 3.12. The molecule has 1 fully saturated rings. The summed E-state index contributed by atoms with van der Waals surface area (Å²) in [6.07, 6.45) is 3.05. The Balaban J connectivity index is 0.00000220. The Labute approximate surface area is 144 Å². The number of aromatic nitrogens is 1. The molecule has 1 heterocycles. The molecule has 0 amide bonds. The highest BCUT2D eigenvalue weighted by molar-refractivity contribution is 14.0. The molecule has 118 valence electrons. The molecular formula is C15H26IN5.